The van der Waals surface area contributed by atoms with Crippen LogP contribution in [0.5, 0.6) is 5.75 Å². The predicted octanol–water partition coefficient (Wildman–Crippen LogP) is 2.05. The number of anilines is 1. The molecule has 3 aromatic rings. The lowest BCUT2D eigenvalue weighted by Crippen LogP contribution is -2.30. The zero-order valence-corrected chi connectivity index (χ0v) is 15.8. The van der Waals surface area contributed by atoms with Gasteiger partial charge in [-0.15, -0.1) is 0 Å². The van der Waals surface area contributed by atoms with Gasteiger partial charge in [-0.1, -0.05) is 12.1 Å². The van der Waals surface area contributed by atoms with Crippen LogP contribution in [0.2, 0.25) is 0 Å². The fourth-order valence-electron chi connectivity index (χ4n) is 2.74. The van der Waals surface area contributed by atoms with Crippen LogP contribution in [-0.2, 0) is 11.3 Å². The number of amides is 2. The minimum Gasteiger partial charge on any atom is -0.494 e. The fourth-order valence-corrected chi connectivity index (χ4v) is 2.74. The zero-order valence-electron chi connectivity index (χ0n) is 15.8. The summed E-state index contributed by atoms with van der Waals surface area (Å²) in [6, 6.07) is 16.6. The first kappa shape index (κ1) is 19.8. The number of carbonyl (C=O) groups is 2. The minimum atomic E-state index is -0.659. The SMILES string of the molecule is CCOc1ccc(-c2ccc(=O)n(CC(=O)Nc3ccccc3C(N)=O)n2)cc1. The van der Waals surface area contributed by atoms with E-state index in [4.69, 9.17) is 10.5 Å². The van der Waals surface area contributed by atoms with Crippen LogP contribution in [0.1, 0.15) is 17.3 Å². The second kappa shape index (κ2) is 8.83. The zero-order chi connectivity index (χ0) is 20.8. The molecule has 0 saturated heterocycles. The number of rotatable bonds is 7. The van der Waals surface area contributed by atoms with Gasteiger partial charge in [0.2, 0.25) is 5.91 Å². The third-order valence-electron chi connectivity index (χ3n) is 4.09. The van der Waals surface area contributed by atoms with Crippen LogP contribution < -0.4 is 21.3 Å². The van der Waals surface area contributed by atoms with E-state index in [0.717, 1.165) is 16.0 Å². The molecule has 0 spiro atoms. The number of aromatic nitrogens is 2. The van der Waals surface area contributed by atoms with E-state index in [9.17, 15) is 14.4 Å². The van der Waals surface area contributed by atoms with E-state index < -0.39 is 17.4 Å². The highest BCUT2D eigenvalue weighted by atomic mass is 16.5. The number of carbonyl (C=O) groups excluding carboxylic acids is 2. The Morgan fingerprint density at radius 3 is 2.48 bits per heavy atom. The Hall–Kier alpha value is -3.94. The summed E-state index contributed by atoms with van der Waals surface area (Å²) in [7, 11) is 0. The number of benzene rings is 2. The van der Waals surface area contributed by atoms with E-state index >= 15 is 0 Å². The summed E-state index contributed by atoms with van der Waals surface area (Å²) in [5.74, 6) is -0.428. The summed E-state index contributed by atoms with van der Waals surface area (Å²) in [5, 5.41) is 6.86. The Balaban J connectivity index is 1.79. The van der Waals surface area contributed by atoms with Crippen LogP contribution in [-0.4, -0.2) is 28.2 Å². The van der Waals surface area contributed by atoms with Gasteiger partial charge in [-0.3, -0.25) is 14.4 Å². The number of nitrogens with two attached hydrogens (primary N) is 1. The molecule has 148 valence electrons. The molecule has 3 N–H and O–H groups in total. The van der Waals surface area contributed by atoms with Gasteiger partial charge in [0.15, 0.2) is 0 Å². The van der Waals surface area contributed by atoms with Crippen molar-refractivity contribution in [1.82, 2.24) is 9.78 Å². The Labute approximate surface area is 166 Å². The molecule has 8 heteroatoms. The smallest absolute Gasteiger partial charge is 0.267 e. The lowest BCUT2D eigenvalue weighted by Gasteiger charge is -2.10. The molecule has 0 aliphatic rings. The molecule has 0 fully saturated rings. The summed E-state index contributed by atoms with van der Waals surface area (Å²) >= 11 is 0. The van der Waals surface area contributed by atoms with Gasteiger partial charge in [0, 0.05) is 11.6 Å². The van der Waals surface area contributed by atoms with Gasteiger partial charge in [-0.05, 0) is 49.4 Å². The largest absolute Gasteiger partial charge is 0.494 e. The van der Waals surface area contributed by atoms with Crippen LogP contribution in [0.15, 0.2) is 65.5 Å². The standard InChI is InChI=1S/C21H20N4O4/c1-2-29-15-9-7-14(8-10-15)17-11-12-20(27)25(24-17)13-19(26)23-18-6-4-3-5-16(18)21(22)28/h3-12H,2,13H2,1H3,(H2,22,28)(H,23,26). The van der Waals surface area contributed by atoms with E-state index in [0.29, 0.717) is 12.3 Å². The van der Waals surface area contributed by atoms with Crippen LogP contribution in [0.4, 0.5) is 5.69 Å². The molecular weight excluding hydrogens is 372 g/mol. The second-order valence-corrected chi connectivity index (χ2v) is 6.13. The third kappa shape index (κ3) is 4.86. The second-order valence-electron chi connectivity index (χ2n) is 6.13. The topological polar surface area (TPSA) is 116 Å². The molecule has 0 unspecified atom stereocenters. The molecule has 8 nitrogen and oxygen atoms in total. The average Bonchev–Trinajstić information content (AvgIpc) is 2.71. The maximum atomic E-state index is 12.4. The van der Waals surface area contributed by atoms with E-state index in [1.807, 2.05) is 31.2 Å². The van der Waals surface area contributed by atoms with Crippen molar-refractivity contribution >= 4 is 17.5 Å². The van der Waals surface area contributed by atoms with Crippen molar-refractivity contribution in [3.8, 4) is 17.0 Å². The Kier molecular flexibility index (Phi) is 6.03. The Bertz CT molecular complexity index is 1090. The minimum absolute atomic E-state index is 0.185. The van der Waals surface area contributed by atoms with Crippen molar-refractivity contribution in [2.75, 3.05) is 11.9 Å². The summed E-state index contributed by atoms with van der Waals surface area (Å²) < 4.78 is 6.48. The Morgan fingerprint density at radius 2 is 1.79 bits per heavy atom. The summed E-state index contributed by atoms with van der Waals surface area (Å²) in [6.45, 7) is 2.16. The maximum Gasteiger partial charge on any atom is 0.267 e. The van der Waals surface area contributed by atoms with Crippen molar-refractivity contribution in [3.05, 3.63) is 76.6 Å². The third-order valence-corrected chi connectivity index (χ3v) is 4.09. The Morgan fingerprint density at radius 1 is 1.07 bits per heavy atom. The molecule has 2 aromatic carbocycles. The van der Waals surface area contributed by atoms with Gasteiger partial charge in [0.25, 0.3) is 11.5 Å². The number of hydrogen-bond donors (Lipinski definition) is 2. The highest BCUT2D eigenvalue weighted by Crippen LogP contribution is 2.20. The average molecular weight is 392 g/mol. The van der Waals surface area contributed by atoms with Crippen molar-refractivity contribution < 1.29 is 14.3 Å². The number of primary amides is 1. The first-order valence-corrected chi connectivity index (χ1v) is 8.98. The first-order valence-electron chi connectivity index (χ1n) is 8.98. The predicted molar refractivity (Wildman–Crippen MR) is 109 cm³/mol. The summed E-state index contributed by atoms with van der Waals surface area (Å²) in [4.78, 5) is 36.0. The molecule has 0 saturated carbocycles. The number of nitrogens with zero attached hydrogens (tertiary/aromatic N) is 2. The first-order chi connectivity index (χ1) is 14.0. The van der Waals surface area contributed by atoms with Gasteiger partial charge in [0.05, 0.1) is 23.6 Å². The van der Waals surface area contributed by atoms with Gasteiger partial charge in [-0.2, -0.15) is 5.10 Å². The van der Waals surface area contributed by atoms with Crippen LogP contribution >= 0.6 is 0 Å². The van der Waals surface area contributed by atoms with Crippen LogP contribution in [0.25, 0.3) is 11.3 Å². The quantitative estimate of drug-likeness (QED) is 0.638. The number of ether oxygens (including phenoxy) is 1. The normalized spacial score (nSPS) is 10.4. The van der Waals surface area contributed by atoms with Crippen LogP contribution in [0, 0.1) is 0 Å². The highest BCUT2D eigenvalue weighted by molar-refractivity contribution is 6.02. The van der Waals surface area contributed by atoms with E-state index in [2.05, 4.69) is 10.4 Å². The lowest BCUT2D eigenvalue weighted by atomic mass is 10.1. The molecule has 0 aliphatic heterocycles. The van der Waals surface area contributed by atoms with Gasteiger partial charge < -0.3 is 15.8 Å². The number of hydrogen-bond acceptors (Lipinski definition) is 5. The van der Waals surface area contributed by atoms with E-state index in [-0.39, 0.29) is 17.8 Å². The van der Waals surface area contributed by atoms with Crippen molar-refractivity contribution in [1.29, 1.82) is 0 Å². The fraction of sp³-hybridized carbons (Fsp3) is 0.143. The van der Waals surface area contributed by atoms with E-state index in [1.165, 1.54) is 12.1 Å². The van der Waals surface area contributed by atoms with Crippen LogP contribution in [0.3, 0.4) is 0 Å². The molecule has 29 heavy (non-hydrogen) atoms. The maximum absolute atomic E-state index is 12.4. The molecule has 1 aromatic heterocycles. The molecule has 0 aliphatic carbocycles. The monoisotopic (exact) mass is 392 g/mol. The van der Waals surface area contributed by atoms with E-state index in [1.54, 1.807) is 24.3 Å². The van der Waals surface area contributed by atoms with Crippen molar-refractivity contribution in [2.45, 2.75) is 13.5 Å². The molecule has 0 bridgehead atoms. The van der Waals surface area contributed by atoms with Gasteiger partial charge >= 0.3 is 0 Å². The molecule has 0 radical (unpaired) electrons. The molecule has 2 amide bonds. The summed E-state index contributed by atoms with van der Waals surface area (Å²) in [6.07, 6.45) is 0. The summed E-state index contributed by atoms with van der Waals surface area (Å²) in [5.41, 5.74) is 6.68. The van der Waals surface area contributed by atoms with Crippen molar-refractivity contribution in [3.63, 3.8) is 0 Å². The highest BCUT2D eigenvalue weighted by Gasteiger charge is 2.12. The van der Waals surface area contributed by atoms with Gasteiger partial charge in [0.1, 0.15) is 12.3 Å². The molecular formula is C21H20N4O4. The lowest BCUT2D eigenvalue weighted by molar-refractivity contribution is -0.117. The number of para-hydroxylation sites is 1. The molecule has 3 rings (SSSR count). The van der Waals surface area contributed by atoms with Crippen molar-refractivity contribution in [2.24, 2.45) is 5.73 Å². The molecule has 0 atom stereocenters. The number of nitrogens with one attached hydrogen (secondary N) is 1. The molecule has 1 heterocycles. The van der Waals surface area contributed by atoms with Gasteiger partial charge in [-0.25, -0.2) is 4.68 Å².